The maximum atomic E-state index is 13.0. The lowest BCUT2D eigenvalue weighted by Gasteiger charge is -2.23. The van der Waals surface area contributed by atoms with Gasteiger partial charge in [-0.2, -0.15) is 0 Å². The second-order valence-electron chi connectivity index (χ2n) is 6.05. The Kier molecular flexibility index (Phi) is 4.81. The summed E-state index contributed by atoms with van der Waals surface area (Å²) in [5, 5.41) is 2.87. The van der Waals surface area contributed by atoms with Gasteiger partial charge in [-0.3, -0.25) is 9.59 Å². The van der Waals surface area contributed by atoms with Crippen molar-refractivity contribution in [3.63, 3.8) is 0 Å². The van der Waals surface area contributed by atoms with Crippen molar-refractivity contribution in [1.82, 2.24) is 4.90 Å². The zero-order valence-electron chi connectivity index (χ0n) is 14.6. The molecule has 1 unspecified atom stereocenters. The molecule has 0 aromatic heterocycles. The minimum absolute atomic E-state index is 0.0930. The SMILES string of the molecule is COc1ccc(NC(=O)C2CSCN2C(=O)c2cccc3c2OCO3)cc1. The first-order valence-corrected chi connectivity index (χ1v) is 9.55. The molecule has 2 aromatic rings. The van der Waals surface area contributed by atoms with Crippen molar-refractivity contribution in [3.8, 4) is 17.2 Å². The van der Waals surface area contributed by atoms with Crippen LogP contribution in [0.4, 0.5) is 5.69 Å². The van der Waals surface area contributed by atoms with E-state index in [4.69, 9.17) is 14.2 Å². The number of hydrogen-bond acceptors (Lipinski definition) is 6. The van der Waals surface area contributed by atoms with E-state index >= 15 is 0 Å². The molecule has 140 valence electrons. The van der Waals surface area contributed by atoms with Crippen LogP contribution >= 0.6 is 11.8 Å². The quantitative estimate of drug-likeness (QED) is 0.870. The summed E-state index contributed by atoms with van der Waals surface area (Å²) in [4.78, 5) is 27.4. The lowest BCUT2D eigenvalue weighted by molar-refractivity contribution is -0.119. The number of hydrogen-bond donors (Lipinski definition) is 1. The van der Waals surface area contributed by atoms with E-state index in [2.05, 4.69) is 5.32 Å². The highest BCUT2D eigenvalue weighted by molar-refractivity contribution is 7.99. The fraction of sp³-hybridized carbons (Fsp3) is 0.263. The fourth-order valence-electron chi connectivity index (χ4n) is 3.01. The first-order valence-electron chi connectivity index (χ1n) is 8.39. The van der Waals surface area contributed by atoms with Crippen molar-refractivity contribution in [2.45, 2.75) is 6.04 Å². The van der Waals surface area contributed by atoms with Gasteiger partial charge in [0, 0.05) is 11.4 Å². The number of methoxy groups -OCH3 is 1. The third-order valence-electron chi connectivity index (χ3n) is 4.43. The number of carbonyl (C=O) groups is 2. The van der Waals surface area contributed by atoms with Gasteiger partial charge in [-0.15, -0.1) is 11.8 Å². The number of anilines is 1. The largest absolute Gasteiger partial charge is 0.497 e. The molecule has 1 N–H and O–H groups in total. The molecule has 7 nitrogen and oxygen atoms in total. The molecule has 1 atom stereocenters. The Morgan fingerprint density at radius 3 is 2.78 bits per heavy atom. The van der Waals surface area contributed by atoms with Crippen LogP contribution in [-0.4, -0.2) is 48.3 Å². The van der Waals surface area contributed by atoms with Crippen molar-refractivity contribution in [2.75, 3.05) is 30.8 Å². The summed E-state index contributed by atoms with van der Waals surface area (Å²) in [5.41, 5.74) is 1.07. The number of fused-ring (bicyclic) bond motifs is 1. The van der Waals surface area contributed by atoms with Gasteiger partial charge in [0.15, 0.2) is 11.5 Å². The molecule has 0 spiro atoms. The molecule has 2 heterocycles. The van der Waals surface area contributed by atoms with Crippen molar-refractivity contribution < 1.29 is 23.8 Å². The van der Waals surface area contributed by atoms with Crippen LogP contribution in [0.3, 0.4) is 0 Å². The van der Waals surface area contributed by atoms with Crippen LogP contribution in [0.2, 0.25) is 0 Å². The van der Waals surface area contributed by atoms with E-state index in [1.54, 1.807) is 66.2 Å². The van der Waals surface area contributed by atoms with Crippen LogP contribution in [0.5, 0.6) is 17.2 Å². The Balaban J connectivity index is 1.50. The molecule has 27 heavy (non-hydrogen) atoms. The van der Waals surface area contributed by atoms with E-state index in [0.29, 0.717) is 40.1 Å². The number of nitrogens with one attached hydrogen (secondary N) is 1. The van der Waals surface area contributed by atoms with Gasteiger partial charge in [0.1, 0.15) is 11.8 Å². The first-order chi connectivity index (χ1) is 13.2. The van der Waals surface area contributed by atoms with Gasteiger partial charge in [0.2, 0.25) is 12.7 Å². The molecule has 2 amide bonds. The summed E-state index contributed by atoms with van der Waals surface area (Å²) in [6.45, 7) is 0.0930. The molecular weight excluding hydrogens is 368 g/mol. The third-order valence-corrected chi connectivity index (χ3v) is 5.44. The number of nitrogens with zero attached hydrogens (tertiary/aromatic N) is 1. The van der Waals surface area contributed by atoms with Gasteiger partial charge in [0.25, 0.3) is 5.91 Å². The second-order valence-corrected chi connectivity index (χ2v) is 7.05. The van der Waals surface area contributed by atoms with Crippen LogP contribution in [0.1, 0.15) is 10.4 Å². The molecule has 0 aliphatic carbocycles. The highest BCUT2D eigenvalue weighted by Crippen LogP contribution is 2.37. The maximum Gasteiger partial charge on any atom is 0.259 e. The van der Waals surface area contributed by atoms with Gasteiger partial charge in [-0.25, -0.2) is 0 Å². The smallest absolute Gasteiger partial charge is 0.259 e. The molecule has 1 fully saturated rings. The van der Waals surface area contributed by atoms with Crippen LogP contribution in [0.15, 0.2) is 42.5 Å². The molecule has 8 heteroatoms. The Hall–Kier alpha value is -2.87. The topological polar surface area (TPSA) is 77.1 Å². The predicted molar refractivity (Wildman–Crippen MR) is 101 cm³/mol. The van der Waals surface area contributed by atoms with Gasteiger partial charge in [-0.05, 0) is 36.4 Å². The Morgan fingerprint density at radius 1 is 1.19 bits per heavy atom. The van der Waals surface area contributed by atoms with E-state index < -0.39 is 6.04 Å². The Bertz CT molecular complexity index is 871. The molecule has 2 aromatic carbocycles. The molecule has 0 radical (unpaired) electrons. The molecule has 0 bridgehead atoms. The van der Waals surface area contributed by atoms with Crippen LogP contribution in [0, 0.1) is 0 Å². The van der Waals surface area contributed by atoms with Gasteiger partial charge in [-0.1, -0.05) is 6.07 Å². The minimum Gasteiger partial charge on any atom is -0.497 e. The Labute approximate surface area is 160 Å². The monoisotopic (exact) mass is 386 g/mol. The van der Waals surface area contributed by atoms with E-state index in [0.717, 1.165) is 0 Å². The summed E-state index contributed by atoms with van der Waals surface area (Å²) >= 11 is 1.54. The third kappa shape index (κ3) is 3.40. The highest BCUT2D eigenvalue weighted by Gasteiger charge is 2.37. The number of amides is 2. The molecule has 2 aliphatic heterocycles. The van der Waals surface area contributed by atoms with Crippen LogP contribution < -0.4 is 19.5 Å². The van der Waals surface area contributed by atoms with Crippen LogP contribution in [-0.2, 0) is 4.79 Å². The average Bonchev–Trinajstić information content (AvgIpc) is 3.37. The maximum absolute atomic E-state index is 13.0. The minimum atomic E-state index is -0.553. The Morgan fingerprint density at radius 2 is 2.00 bits per heavy atom. The number of para-hydroxylation sites is 1. The van der Waals surface area contributed by atoms with E-state index in [1.165, 1.54) is 0 Å². The highest BCUT2D eigenvalue weighted by atomic mass is 32.2. The van der Waals surface area contributed by atoms with Crippen molar-refractivity contribution in [3.05, 3.63) is 48.0 Å². The number of thioether (sulfide) groups is 1. The van der Waals surface area contributed by atoms with Gasteiger partial charge in [0.05, 0.1) is 18.6 Å². The summed E-state index contributed by atoms with van der Waals surface area (Å²) in [6, 6.07) is 11.7. The normalized spacial score (nSPS) is 17.7. The molecule has 4 rings (SSSR count). The average molecular weight is 386 g/mol. The van der Waals surface area contributed by atoms with Gasteiger partial charge < -0.3 is 24.4 Å². The second kappa shape index (κ2) is 7.40. The first kappa shape index (κ1) is 17.5. The van der Waals surface area contributed by atoms with Gasteiger partial charge >= 0.3 is 0 Å². The summed E-state index contributed by atoms with van der Waals surface area (Å²) in [7, 11) is 1.59. The predicted octanol–water partition coefficient (Wildman–Crippen LogP) is 2.58. The van der Waals surface area contributed by atoms with Crippen molar-refractivity contribution >= 4 is 29.3 Å². The van der Waals surface area contributed by atoms with Crippen LogP contribution in [0.25, 0.3) is 0 Å². The number of rotatable bonds is 4. The zero-order chi connectivity index (χ0) is 18.8. The van der Waals surface area contributed by atoms with E-state index in [1.807, 2.05) is 0 Å². The summed E-state index contributed by atoms with van der Waals surface area (Å²) in [5.74, 6) is 2.23. The van der Waals surface area contributed by atoms with E-state index in [-0.39, 0.29) is 18.6 Å². The standard InChI is InChI=1S/C19H18N2O5S/c1-24-13-7-5-12(6-8-13)20-18(22)15-9-27-10-21(15)19(23)14-3-2-4-16-17(14)26-11-25-16/h2-8,15H,9-11H2,1H3,(H,20,22). The zero-order valence-corrected chi connectivity index (χ0v) is 15.5. The summed E-state index contributed by atoms with van der Waals surface area (Å²) < 4.78 is 15.9. The fourth-order valence-corrected chi connectivity index (χ4v) is 4.17. The lowest BCUT2D eigenvalue weighted by atomic mass is 10.1. The number of benzene rings is 2. The number of ether oxygens (including phenoxy) is 3. The molecule has 2 aliphatic rings. The summed E-state index contributed by atoms with van der Waals surface area (Å²) in [6.07, 6.45) is 0. The van der Waals surface area contributed by atoms with E-state index in [9.17, 15) is 9.59 Å². The number of carbonyl (C=O) groups excluding carboxylic acids is 2. The lowest BCUT2D eigenvalue weighted by Crippen LogP contribution is -2.44. The molecule has 1 saturated heterocycles. The van der Waals surface area contributed by atoms with Crippen molar-refractivity contribution in [2.24, 2.45) is 0 Å². The molecular formula is C19H18N2O5S. The van der Waals surface area contributed by atoms with Crippen molar-refractivity contribution in [1.29, 1.82) is 0 Å². The molecule has 0 saturated carbocycles.